The quantitative estimate of drug-likeness (QED) is 0.358. The average molecular weight is 459 g/mol. The molecule has 2 aromatic carbocycles. The number of carbonyl (C=O) groups is 2. The van der Waals surface area contributed by atoms with Gasteiger partial charge in [0.05, 0.1) is 12.7 Å². The van der Waals surface area contributed by atoms with Crippen LogP contribution in [-0.2, 0) is 11.2 Å². The van der Waals surface area contributed by atoms with E-state index < -0.39 is 0 Å². The largest absolute Gasteiger partial charge is 0.465 e. The summed E-state index contributed by atoms with van der Waals surface area (Å²) in [7, 11) is 1.41. The number of hydrogen-bond donors (Lipinski definition) is 3. The summed E-state index contributed by atoms with van der Waals surface area (Å²) in [6.07, 6.45) is 8.37. The van der Waals surface area contributed by atoms with Crippen LogP contribution in [0.15, 0.2) is 48.8 Å². The van der Waals surface area contributed by atoms with Crippen molar-refractivity contribution < 1.29 is 14.3 Å². The van der Waals surface area contributed by atoms with Crippen molar-refractivity contribution in [3.8, 4) is 0 Å². The van der Waals surface area contributed by atoms with E-state index in [1.54, 1.807) is 12.1 Å². The molecule has 3 heterocycles. The van der Waals surface area contributed by atoms with Gasteiger partial charge in [-0.05, 0) is 98.8 Å². The molecule has 7 heteroatoms. The second-order valence-corrected chi connectivity index (χ2v) is 9.15. The predicted molar refractivity (Wildman–Crippen MR) is 133 cm³/mol. The van der Waals surface area contributed by atoms with Crippen LogP contribution >= 0.6 is 0 Å². The molecule has 0 atom stereocenters. The van der Waals surface area contributed by atoms with Gasteiger partial charge in [0, 0.05) is 39.8 Å². The van der Waals surface area contributed by atoms with Gasteiger partial charge in [-0.25, -0.2) is 4.79 Å². The van der Waals surface area contributed by atoms with Gasteiger partial charge in [-0.2, -0.15) is 0 Å². The second kappa shape index (κ2) is 9.35. The van der Waals surface area contributed by atoms with Crippen molar-refractivity contribution >= 4 is 33.7 Å². The molecule has 0 saturated carbocycles. The number of nitrogens with zero attached hydrogens (tertiary/aromatic N) is 1. The Morgan fingerprint density at radius 2 is 1.68 bits per heavy atom. The van der Waals surface area contributed by atoms with E-state index in [0.29, 0.717) is 17.0 Å². The highest BCUT2D eigenvalue weighted by molar-refractivity contribution is 5.98. The molecule has 0 aliphatic carbocycles. The Bertz CT molecular complexity index is 1340. The first kappa shape index (κ1) is 22.2. The minimum atomic E-state index is -0.388. The van der Waals surface area contributed by atoms with Crippen molar-refractivity contribution in [3.63, 3.8) is 0 Å². The Morgan fingerprint density at radius 3 is 2.41 bits per heavy atom. The Morgan fingerprint density at radius 1 is 1.00 bits per heavy atom. The molecule has 4 aromatic rings. The smallest absolute Gasteiger partial charge is 0.337 e. The number of H-pyrrole nitrogens is 2. The molecular formula is C27H30N4O3. The summed E-state index contributed by atoms with van der Waals surface area (Å²) >= 11 is 0. The molecule has 5 rings (SSSR count). The number of aryl methyl sites for hydroxylation is 1. The lowest BCUT2D eigenvalue weighted by Gasteiger charge is -2.32. The molecule has 1 aliphatic rings. The molecule has 4 N–H and O–H groups in total. The zero-order chi connectivity index (χ0) is 23.7. The fourth-order valence-corrected chi connectivity index (χ4v) is 5.22. The van der Waals surface area contributed by atoms with Gasteiger partial charge in [-0.15, -0.1) is 0 Å². The van der Waals surface area contributed by atoms with Crippen molar-refractivity contribution in [3.05, 3.63) is 71.0 Å². The number of ether oxygens (including phenoxy) is 1. The molecule has 0 radical (unpaired) electrons. The first-order valence-corrected chi connectivity index (χ1v) is 11.8. The van der Waals surface area contributed by atoms with Crippen LogP contribution in [0.4, 0.5) is 0 Å². The van der Waals surface area contributed by atoms with Gasteiger partial charge in [0.25, 0.3) is 0 Å². The maximum atomic E-state index is 11.9. The maximum absolute atomic E-state index is 11.9. The molecule has 176 valence electrons. The normalized spacial score (nSPS) is 15.2. The lowest BCUT2D eigenvalue weighted by atomic mass is 9.88. The number of likely N-dealkylation sites (tertiary alicyclic amines) is 1. The second-order valence-electron chi connectivity index (χ2n) is 9.15. The third kappa shape index (κ3) is 4.31. The third-order valence-electron chi connectivity index (χ3n) is 7.13. The SMILES string of the molecule is COC(=O)c1ccc2[nH]cc(CCCN3CCC(c4c[nH]c5ccc(C(N)=O)cc45)CC3)c2c1. The van der Waals surface area contributed by atoms with Crippen LogP contribution < -0.4 is 5.73 Å². The Balaban J connectivity index is 1.18. The molecule has 0 bridgehead atoms. The van der Waals surface area contributed by atoms with Crippen molar-refractivity contribution in [1.82, 2.24) is 14.9 Å². The van der Waals surface area contributed by atoms with E-state index in [-0.39, 0.29) is 11.9 Å². The minimum Gasteiger partial charge on any atom is -0.465 e. The molecule has 1 fully saturated rings. The van der Waals surface area contributed by atoms with Crippen LogP contribution in [0.2, 0.25) is 0 Å². The topological polar surface area (TPSA) is 104 Å². The van der Waals surface area contributed by atoms with Gasteiger partial charge in [0.1, 0.15) is 0 Å². The number of piperidine rings is 1. The molecule has 34 heavy (non-hydrogen) atoms. The molecule has 0 unspecified atom stereocenters. The highest BCUT2D eigenvalue weighted by Crippen LogP contribution is 2.33. The van der Waals surface area contributed by atoms with E-state index in [9.17, 15) is 9.59 Å². The van der Waals surface area contributed by atoms with Gasteiger partial charge < -0.3 is 25.3 Å². The number of rotatable bonds is 7. The number of nitrogens with two attached hydrogens (primary N) is 1. The number of methoxy groups -OCH3 is 1. The lowest BCUT2D eigenvalue weighted by Crippen LogP contribution is -2.33. The van der Waals surface area contributed by atoms with Crippen molar-refractivity contribution in [2.75, 3.05) is 26.7 Å². The van der Waals surface area contributed by atoms with Crippen molar-refractivity contribution in [1.29, 1.82) is 0 Å². The standard InChI is InChI=1S/C27H30N4O3/c1-34-27(33)19-5-7-24-21(14-19)20(15-29-24)3-2-10-31-11-8-17(9-12-31)23-16-30-25-6-4-18(26(28)32)13-22(23)25/h4-7,13-17,29-30H,2-3,8-12H2,1H3,(H2,28,32). The van der Waals surface area contributed by atoms with Crippen molar-refractivity contribution in [2.45, 2.75) is 31.6 Å². The van der Waals surface area contributed by atoms with E-state index >= 15 is 0 Å². The number of nitrogens with one attached hydrogen (secondary N) is 2. The maximum Gasteiger partial charge on any atom is 0.337 e. The van der Waals surface area contributed by atoms with Gasteiger partial charge in [0.2, 0.25) is 5.91 Å². The number of amides is 1. The fraction of sp³-hybridized carbons (Fsp3) is 0.333. The number of benzene rings is 2. The minimum absolute atomic E-state index is 0.307. The number of hydrogen-bond acceptors (Lipinski definition) is 4. The number of carbonyl (C=O) groups excluding carboxylic acids is 2. The number of primary amides is 1. The molecule has 7 nitrogen and oxygen atoms in total. The van der Waals surface area contributed by atoms with Gasteiger partial charge in [0.15, 0.2) is 0 Å². The summed E-state index contributed by atoms with van der Waals surface area (Å²) < 4.78 is 4.86. The van der Waals surface area contributed by atoms with E-state index in [1.165, 1.54) is 18.2 Å². The highest BCUT2D eigenvalue weighted by atomic mass is 16.5. The number of esters is 1. The Kier molecular flexibility index (Phi) is 6.11. The molecule has 1 aliphatic heterocycles. The molecule has 0 spiro atoms. The van der Waals surface area contributed by atoms with Crippen LogP contribution in [0, 0.1) is 0 Å². The van der Waals surface area contributed by atoms with Gasteiger partial charge in [-0.1, -0.05) is 0 Å². The highest BCUT2D eigenvalue weighted by Gasteiger charge is 2.23. The summed E-state index contributed by atoms with van der Waals surface area (Å²) in [6, 6.07) is 11.3. The fourth-order valence-electron chi connectivity index (χ4n) is 5.22. The average Bonchev–Trinajstić information content (AvgIpc) is 3.47. The first-order chi connectivity index (χ1) is 16.5. The number of aromatic amines is 2. The molecule has 2 aromatic heterocycles. The molecule has 1 saturated heterocycles. The summed E-state index contributed by atoms with van der Waals surface area (Å²) in [5.41, 5.74) is 11.2. The van der Waals surface area contributed by atoms with Gasteiger partial charge in [-0.3, -0.25) is 4.79 Å². The Hall–Kier alpha value is -3.58. The molecule has 1 amide bonds. The number of fused-ring (bicyclic) bond motifs is 2. The molecular weight excluding hydrogens is 428 g/mol. The number of aromatic nitrogens is 2. The van der Waals surface area contributed by atoms with Crippen molar-refractivity contribution in [2.24, 2.45) is 5.73 Å². The van der Waals surface area contributed by atoms with Crippen LogP contribution in [0.1, 0.15) is 57.0 Å². The van der Waals surface area contributed by atoms with E-state index in [4.69, 9.17) is 10.5 Å². The van der Waals surface area contributed by atoms with Crippen LogP contribution in [0.25, 0.3) is 21.8 Å². The van der Waals surface area contributed by atoms with Crippen LogP contribution in [-0.4, -0.2) is 53.5 Å². The van der Waals surface area contributed by atoms with Crippen LogP contribution in [0.3, 0.4) is 0 Å². The monoisotopic (exact) mass is 458 g/mol. The van der Waals surface area contributed by atoms with Gasteiger partial charge >= 0.3 is 5.97 Å². The lowest BCUT2D eigenvalue weighted by molar-refractivity contribution is 0.0600. The zero-order valence-electron chi connectivity index (χ0n) is 19.4. The third-order valence-corrected chi connectivity index (χ3v) is 7.13. The summed E-state index contributed by atoms with van der Waals surface area (Å²) in [4.78, 5) is 32.7. The predicted octanol–water partition coefficient (Wildman–Crippen LogP) is 4.35. The van der Waals surface area contributed by atoms with E-state index in [0.717, 1.165) is 67.1 Å². The first-order valence-electron chi connectivity index (χ1n) is 11.8. The summed E-state index contributed by atoms with van der Waals surface area (Å²) in [5, 5.41) is 2.21. The Labute approximate surface area is 198 Å². The van der Waals surface area contributed by atoms with Crippen LogP contribution in [0.5, 0.6) is 0 Å². The van der Waals surface area contributed by atoms with E-state index in [2.05, 4.69) is 27.3 Å². The summed E-state index contributed by atoms with van der Waals surface area (Å²) in [6.45, 7) is 3.18. The van der Waals surface area contributed by atoms with E-state index in [1.807, 2.05) is 24.3 Å². The summed E-state index contributed by atoms with van der Waals surface area (Å²) in [5.74, 6) is -0.211. The zero-order valence-corrected chi connectivity index (χ0v) is 19.4.